The smallest absolute Gasteiger partial charge is 0.416 e. The van der Waals surface area contributed by atoms with Crippen LogP contribution in [0.5, 0.6) is 0 Å². The summed E-state index contributed by atoms with van der Waals surface area (Å²) in [6.45, 7) is 0.715. The Hall–Kier alpha value is -2.54. The van der Waals surface area contributed by atoms with E-state index in [0.29, 0.717) is 24.2 Å². The topological polar surface area (TPSA) is 52.6 Å². The van der Waals surface area contributed by atoms with Gasteiger partial charge in [-0.05, 0) is 29.8 Å². The number of hydrogen-bond acceptors (Lipinski definition) is 3. The number of alkyl halides is 3. The van der Waals surface area contributed by atoms with Crippen LogP contribution >= 0.6 is 0 Å². The zero-order valence-corrected chi connectivity index (χ0v) is 11.9. The van der Waals surface area contributed by atoms with E-state index in [1.807, 2.05) is 0 Å². The van der Waals surface area contributed by atoms with Crippen LogP contribution in [0.3, 0.4) is 0 Å². The van der Waals surface area contributed by atoms with E-state index < -0.39 is 17.7 Å². The monoisotopic (exact) mass is 322 g/mol. The molecular weight excluding hydrogens is 309 g/mol. The van der Waals surface area contributed by atoms with Crippen molar-refractivity contribution in [3.8, 4) is 0 Å². The Morgan fingerprint density at radius 2 is 1.87 bits per heavy atom. The van der Waals surface area contributed by atoms with Crippen LogP contribution in [-0.2, 0) is 19.3 Å². The van der Waals surface area contributed by atoms with Crippen molar-refractivity contribution in [3.63, 3.8) is 0 Å². The van der Waals surface area contributed by atoms with Crippen molar-refractivity contribution in [1.82, 2.24) is 5.43 Å². The summed E-state index contributed by atoms with van der Waals surface area (Å²) < 4.78 is 37.7. The predicted octanol–water partition coefficient (Wildman–Crippen LogP) is 3.43. The van der Waals surface area contributed by atoms with Crippen molar-refractivity contribution in [3.05, 3.63) is 64.7 Å². The molecule has 0 fully saturated rings. The maximum Gasteiger partial charge on any atom is 0.416 e. The summed E-state index contributed by atoms with van der Waals surface area (Å²) in [5.74, 6) is -1.000. The molecular formula is C16H13F3N2O2. The summed E-state index contributed by atoms with van der Waals surface area (Å²) in [6, 6.07) is 9.89. The number of halogens is 3. The molecule has 7 heteroatoms. The fourth-order valence-corrected chi connectivity index (χ4v) is 2.60. The first kappa shape index (κ1) is 15.4. The Morgan fingerprint density at radius 3 is 2.48 bits per heavy atom. The zero-order chi connectivity index (χ0) is 16.6. The highest BCUT2D eigenvalue weighted by Gasteiger charge is 2.30. The van der Waals surface area contributed by atoms with Crippen LogP contribution in [0.2, 0.25) is 0 Å². The number of anilines is 1. The van der Waals surface area contributed by atoms with Gasteiger partial charge in [-0.2, -0.15) is 13.2 Å². The predicted molar refractivity (Wildman–Crippen MR) is 77.9 cm³/mol. The molecule has 23 heavy (non-hydrogen) atoms. The average molecular weight is 322 g/mol. The molecule has 0 saturated carbocycles. The Bertz CT molecular complexity index is 742. The molecule has 0 aromatic heterocycles. The highest BCUT2D eigenvalue weighted by atomic mass is 19.4. The van der Waals surface area contributed by atoms with Gasteiger partial charge in [0.2, 0.25) is 0 Å². The number of carbonyl (C=O) groups is 1. The number of rotatable bonds is 3. The van der Waals surface area contributed by atoms with Crippen LogP contribution in [0, 0.1) is 0 Å². The molecule has 0 unspecified atom stereocenters. The molecule has 4 nitrogen and oxygen atoms in total. The number of benzene rings is 2. The van der Waals surface area contributed by atoms with E-state index >= 15 is 0 Å². The number of carboxylic acid groups (broad SMARTS) is 1. The second-order valence-corrected chi connectivity index (χ2v) is 5.22. The van der Waals surface area contributed by atoms with E-state index in [4.69, 9.17) is 0 Å². The van der Waals surface area contributed by atoms with Crippen molar-refractivity contribution < 1.29 is 23.1 Å². The van der Waals surface area contributed by atoms with Crippen LogP contribution in [-0.4, -0.2) is 11.1 Å². The Balaban J connectivity index is 1.82. The number of carboxylic acids is 1. The summed E-state index contributed by atoms with van der Waals surface area (Å²) in [7, 11) is 0. The van der Waals surface area contributed by atoms with E-state index in [0.717, 1.165) is 17.8 Å². The minimum Gasteiger partial charge on any atom is -0.478 e. The molecule has 1 aliphatic heterocycles. The SMILES string of the molecule is O=C(O)c1cccc2c1CNN2Cc1ccc(C(F)(F)F)cc1. The Labute approximate surface area is 130 Å². The third kappa shape index (κ3) is 3.00. The molecule has 2 N–H and O–H groups in total. The van der Waals surface area contributed by atoms with Gasteiger partial charge in [-0.15, -0.1) is 0 Å². The van der Waals surface area contributed by atoms with Crippen molar-refractivity contribution in [2.75, 3.05) is 5.01 Å². The largest absolute Gasteiger partial charge is 0.478 e. The molecule has 0 spiro atoms. The van der Waals surface area contributed by atoms with Crippen LogP contribution in [0.15, 0.2) is 42.5 Å². The van der Waals surface area contributed by atoms with Crippen LogP contribution in [0.1, 0.15) is 27.0 Å². The lowest BCUT2D eigenvalue weighted by molar-refractivity contribution is -0.137. The number of nitrogens with one attached hydrogen (secondary N) is 1. The zero-order valence-electron chi connectivity index (χ0n) is 11.9. The number of nitrogens with zero attached hydrogens (tertiary/aromatic N) is 1. The van der Waals surface area contributed by atoms with Crippen molar-refractivity contribution >= 4 is 11.7 Å². The average Bonchev–Trinajstić information content (AvgIpc) is 2.90. The summed E-state index contributed by atoms with van der Waals surface area (Å²) in [5.41, 5.74) is 4.69. The molecule has 0 bridgehead atoms. The summed E-state index contributed by atoms with van der Waals surface area (Å²) >= 11 is 0. The van der Waals surface area contributed by atoms with Crippen LogP contribution in [0.4, 0.5) is 18.9 Å². The van der Waals surface area contributed by atoms with Crippen LogP contribution in [0.25, 0.3) is 0 Å². The molecule has 0 amide bonds. The normalized spacial score (nSPS) is 14.0. The lowest BCUT2D eigenvalue weighted by Crippen LogP contribution is -2.31. The third-order valence-electron chi connectivity index (χ3n) is 3.74. The molecule has 0 aliphatic carbocycles. The molecule has 3 rings (SSSR count). The molecule has 120 valence electrons. The van der Waals surface area contributed by atoms with E-state index in [-0.39, 0.29) is 5.56 Å². The molecule has 2 aromatic rings. The lowest BCUT2D eigenvalue weighted by Gasteiger charge is -2.20. The van der Waals surface area contributed by atoms with Gasteiger partial charge in [-0.3, -0.25) is 0 Å². The molecule has 1 heterocycles. The second kappa shape index (κ2) is 5.58. The van der Waals surface area contributed by atoms with Gasteiger partial charge in [0.1, 0.15) is 0 Å². The first-order valence-corrected chi connectivity index (χ1v) is 6.88. The molecule has 1 aliphatic rings. The summed E-state index contributed by atoms with van der Waals surface area (Å²) in [5, 5.41) is 10.9. The van der Waals surface area contributed by atoms with Crippen LogP contribution < -0.4 is 10.4 Å². The summed E-state index contributed by atoms with van der Waals surface area (Å²) in [6.07, 6.45) is -4.35. The number of fused-ring (bicyclic) bond motifs is 1. The van der Waals surface area contributed by atoms with Gasteiger partial charge in [-0.25, -0.2) is 10.2 Å². The first-order chi connectivity index (χ1) is 10.9. The molecule has 2 aromatic carbocycles. The van der Waals surface area contributed by atoms with Gasteiger partial charge >= 0.3 is 12.1 Å². The van der Waals surface area contributed by atoms with Gasteiger partial charge in [-0.1, -0.05) is 18.2 Å². The van der Waals surface area contributed by atoms with Gasteiger partial charge in [0.05, 0.1) is 23.4 Å². The van der Waals surface area contributed by atoms with Gasteiger partial charge in [0.25, 0.3) is 0 Å². The van der Waals surface area contributed by atoms with Crippen molar-refractivity contribution in [1.29, 1.82) is 0 Å². The number of hydrogen-bond donors (Lipinski definition) is 2. The molecule has 0 atom stereocenters. The van der Waals surface area contributed by atoms with Gasteiger partial charge in [0.15, 0.2) is 0 Å². The summed E-state index contributed by atoms with van der Waals surface area (Å²) in [4.78, 5) is 11.2. The molecule has 0 saturated heterocycles. The second-order valence-electron chi connectivity index (χ2n) is 5.22. The maximum absolute atomic E-state index is 12.6. The third-order valence-corrected chi connectivity index (χ3v) is 3.74. The van der Waals surface area contributed by atoms with E-state index in [1.165, 1.54) is 18.2 Å². The fourth-order valence-electron chi connectivity index (χ4n) is 2.60. The maximum atomic E-state index is 12.6. The highest BCUT2D eigenvalue weighted by molar-refractivity contribution is 5.91. The number of aromatic carboxylic acids is 1. The van der Waals surface area contributed by atoms with Gasteiger partial charge < -0.3 is 10.1 Å². The minimum atomic E-state index is -4.35. The lowest BCUT2D eigenvalue weighted by atomic mass is 10.1. The highest BCUT2D eigenvalue weighted by Crippen LogP contribution is 2.31. The fraction of sp³-hybridized carbons (Fsp3) is 0.188. The van der Waals surface area contributed by atoms with Crippen molar-refractivity contribution in [2.24, 2.45) is 0 Å². The number of hydrazine groups is 1. The van der Waals surface area contributed by atoms with Crippen molar-refractivity contribution in [2.45, 2.75) is 19.3 Å². The molecule has 0 radical (unpaired) electrons. The first-order valence-electron chi connectivity index (χ1n) is 6.88. The van der Waals surface area contributed by atoms with Gasteiger partial charge in [0, 0.05) is 12.1 Å². The van der Waals surface area contributed by atoms with E-state index in [9.17, 15) is 23.1 Å². The minimum absolute atomic E-state index is 0.227. The Kier molecular flexibility index (Phi) is 3.73. The van der Waals surface area contributed by atoms with E-state index in [2.05, 4.69) is 5.43 Å². The Morgan fingerprint density at radius 1 is 1.17 bits per heavy atom. The quantitative estimate of drug-likeness (QED) is 0.909. The van der Waals surface area contributed by atoms with E-state index in [1.54, 1.807) is 17.1 Å². The standard InChI is InChI=1S/C16H13F3N2O2/c17-16(18,19)11-6-4-10(5-7-11)9-21-14-3-1-2-12(15(22)23)13(14)8-20-21/h1-7,20H,8-9H2,(H,22,23).